The summed E-state index contributed by atoms with van der Waals surface area (Å²) in [5.74, 6) is -1.16. The van der Waals surface area contributed by atoms with Crippen molar-refractivity contribution in [1.29, 1.82) is 0 Å². The third-order valence-corrected chi connectivity index (χ3v) is 6.21. The van der Waals surface area contributed by atoms with Crippen LogP contribution in [0.5, 0.6) is 0 Å². The Morgan fingerprint density at radius 3 is 2.72 bits per heavy atom. The number of benzene rings is 1. The van der Waals surface area contributed by atoms with E-state index in [-0.39, 0.29) is 42.6 Å². The molecule has 1 aromatic carbocycles. The molecule has 2 N–H and O–H groups in total. The van der Waals surface area contributed by atoms with Gasteiger partial charge in [-0.05, 0) is 42.3 Å². The lowest BCUT2D eigenvalue weighted by Crippen LogP contribution is -2.52. The Hall–Kier alpha value is -3.59. The number of fused-ring (bicyclic) bond motifs is 1. The average Bonchev–Trinajstić information content (AvgIpc) is 3.08. The van der Waals surface area contributed by atoms with Crippen LogP contribution in [0.1, 0.15) is 50.9 Å². The van der Waals surface area contributed by atoms with Gasteiger partial charge in [-0.25, -0.2) is 0 Å². The van der Waals surface area contributed by atoms with Gasteiger partial charge in [-0.2, -0.15) is 0 Å². The fourth-order valence-electron chi connectivity index (χ4n) is 4.38. The van der Waals surface area contributed by atoms with Crippen LogP contribution in [0.2, 0.25) is 0 Å². The lowest BCUT2D eigenvalue weighted by Gasteiger charge is -2.33. The van der Waals surface area contributed by atoms with E-state index < -0.39 is 11.9 Å². The molecule has 2 saturated heterocycles. The van der Waals surface area contributed by atoms with Gasteiger partial charge in [0.05, 0.1) is 24.9 Å². The van der Waals surface area contributed by atoms with Gasteiger partial charge in [-0.1, -0.05) is 6.07 Å². The molecule has 2 atom stereocenters. The minimum absolute atomic E-state index is 0.146. The minimum atomic E-state index is -0.683. The van der Waals surface area contributed by atoms with Gasteiger partial charge in [0, 0.05) is 36.2 Å². The molecule has 2 fully saturated rings. The zero-order chi connectivity index (χ0) is 22.2. The normalized spacial score (nSPS) is 21.6. The highest BCUT2D eigenvalue weighted by molar-refractivity contribution is 6.06. The van der Waals surface area contributed by atoms with Crippen molar-refractivity contribution >= 4 is 23.6 Å². The number of nitrogens with zero attached hydrogens (tertiary/aromatic N) is 2. The van der Waals surface area contributed by atoms with Crippen molar-refractivity contribution in [3.05, 3.63) is 65.0 Å². The van der Waals surface area contributed by atoms with E-state index in [0.717, 1.165) is 5.69 Å². The Labute approximate surface area is 184 Å². The predicted octanol–water partition coefficient (Wildman–Crippen LogP) is 0.960. The van der Waals surface area contributed by atoms with Gasteiger partial charge in [0.25, 0.3) is 11.8 Å². The first kappa shape index (κ1) is 20.3. The van der Waals surface area contributed by atoms with E-state index in [1.54, 1.807) is 24.4 Å². The Balaban J connectivity index is 1.34. The zero-order valence-electron chi connectivity index (χ0n) is 17.2. The second-order valence-electron chi connectivity index (χ2n) is 8.28. The second-order valence-corrected chi connectivity index (χ2v) is 8.28. The maximum absolute atomic E-state index is 13.0. The topological polar surface area (TPSA) is 118 Å². The molecule has 5 rings (SSSR count). The number of ether oxygens (including phenoxy) is 1. The lowest BCUT2D eigenvalue weighted by atomic mass is 9.94. The SMILES string of the molecule is O=C1CCC(N2Cc3cc(C(=O)N[C@H](c4ccccn4)C4COC4)ccc3C2=O)C(=O)N1. The smallest absolute Gasteiger partial charge is 0.255 e. The predicted molar refractivity (Wildman–Crippen MR) is 111 cm³/mol. The first-order chi connectivity index (χ1) is 15.5. The fourth-order valence-corrected chi connectivity index (χ4v) is 4.38. The van der Waals surface area contributed by atoms with E-state index >= 15 is 0 Å². The largest absolute Gasteiger partial charge is 0.381 e. The number of nitrogens with one attached hydrogen (secondary N) is 2. The molecule has 4 amide bonds. The number of hydrogen-bond donors (Lipinski definition) is 2. The van der Waals surface area contributed by atoms with E-state index in [4.69, 9.17) is 4.74 Å². The molecule has 0 radical (unpaired) electrons. The van der Waals surface area contributed by atoms with Crippen molar-refractivity contribution in [2.24, 2.45) is 5.92 Å². The van der Waals surface area contributed by atoms with E-state index in [2.05, 4.69) is 15.6 Å². The summed E-state index contributed by atoms with van der Waals surface area (Å²) in [7, 11) is 0. The van der Waals surface area contributed by atoms with Crippen LogP contribution in [0.15, 0.2) is 42.6 Å². The van der Waals surface area contributed by atoms with Gasteiger partial charge in [-0.3, -0.25) is 29.5 Å². The van der Waals surface area contributed by atoms with Crippen LogP contribution in [0.4, 0.5) is 0 Å². The minimum Gasteiger partial charge on any atom is -0.381 e. The van der Waals surface area contributed by atoms with Gasteiger partial charge >= 0.3 is 0 Å². The van der Waals surface area contributed by atoms with Crippen LogP contribution in [0.3, 0.4) is 0 Å². The molecule has 0 bridgehead atoms. The van der Waals surface area contributed by atoms with Crippen LogP contribution < -0.4 is 10.6 Å². The van der Waals surface area contributed by atoms with Crippen molar-refractivity contribution in [3.8, 4) is 0 Å². The third kappa shape index (κ3) is 3.64. The van der Waals surface area contributed by atoms with Crippen LogP contribution >= 0.6 is 0 Å². The molecule has 32 heavy (non-hydrogen) atoms. The number of rotatable bonds is 5. The fraction of sp³-hybridized carbons (Fsp3) is 0.348. The van der Waals surface area contributed by atoms with E-state index in [1.165, 1.54) is 4.90 Å². The number of hydrogen-bond acceptors (Lipinski definition) is 6. The number of piperidine rings is 1. The third-order valence-electron chi connectivity index (χ3n) is 6.21. The molecule has 0 spiro atoms. The monoisotopic (exact) mass is 434 g/mol. The molecular weight excluding hydrogens is 412 g/mol. The number of pyridine rings is 1. The summed E-state index contributed by atoms with van der Waals surface area (Å²) >= 11 is 0. The van der Waals surface area contributed by atoms with Gasteiger partial charge in [-0.15, -0.1) is 0 Å². The first-order valence-corrected chi connectivity index (χ1v) is 10.6. The van der Waals surface area contributed by atoms with Crippen LogP contribution in [0, 0.1) is 5.92 Å². The Morgan fingerprint density at radius 1 is 1.19 bits per heavy atom. The number of imide groups is 1. The highest BCUT2D eigenvalue weighted by Crippen LogP contribution is 2.30. The van der Waals surface area contributed by atoms with Crippen LogP contribution in [0.25, 0.3) is 0 Å². The highest BCUT2D eigenvalue weighted by atomic mass is 16.5. The molecule has 1 unspecified atom stereocenters. The number of carbonyl (C=O) groups excluding carboxylic acids is 4. The quantitative estimate of drug-likeness (QED) is 0.677. The van der Waals surface area contributed by atoms with E-state index in [1.807, 2.05) is 18.2 Å². The molecule has 2 aromatic rings. The average molecular weight is 434 g/mol. The molecular formula is C23H22N4O5. The summed E-state index contributed by atoms with van der Waals surface area (Å²) in [5.41, 5.74) is 2.37. The van der Waals surface area contributed by atoms with Crippen molar-refractivity contribution in [2.45, 2.75) is 31.5 Å². The standard InChI is InChI=1S/C23H22N4O5/c28-19-7-6-18(22(30)25-19)27-10-14-9-13(4-5-16(14)23(27)31)21(29)26-20(15-11-32-12-15)17-3-1-2-8-24-17/h1-5,8-9,15,18,20H,6-7,10-12H2,(H,26,29)(H,25,28,30)/t18?,20-/m0/s1. The van der Waals surface area contributed by atoms with Crippen molar-refractivity contribution < 1.29 is 23.9 Å². The Bertz CT molecular complexity index is 1100. The molecule has 9 nitrogen and oxygen atoms in total. The Kier molecular flexibility index (Phi) is 5.18. The summed E-state index contributed by atoms with van der Waals surface area (Å²) in [4.78, 5) is 55.4. The summed E-state index contributed by atoms with van der Waals surface area (Å²) < 4.78 is 5.31. The summed E-state index contributed by atoms with van der Waals surface area (Å²) in [6, 6.07) is 9.57. The molecule has 164 valence electrons. The van der Waals surface area contributed by atoms with Crippen LogP contribution in [-0.4, -0.2) is 52.8 Å². The maximum atomic E-state index is 13.0. The highest BCUT2D eigenvalue weighted by Gasteiger charge is 2.39. The van der Waals surface area contributed by atoms with E-state index in [0.29, 0.717) is 36.3 Å². The van der Waals surface area contributed by atoms with Crippen molar-refractivity contribution in [2.75, 3.05) is 13.2 Å². The van der Waals surface area contributed by atoms with Crippen LogP contribution in [-0.2, 0) is 20.9 Å². The Morgan fingerprint density at radius 2 is 2.03 bits per heavy atom. The van der Waals surface area contributed by atoms with E-state index in [9.17, 15) is 19.2 Å². The first-order valence-electron chi connectivity index (χ1n) is 10.6. The molecule has 3 aliphatic rings. The lowest BCUT2D eigenvalue weighted by molar-refractivity contribution is -0.136. The van der Waals surface area contributed by atoms with Gasteiger partial charge in [0.1, 0.15) is 6.04 Å². The van der Waals surface area contributed by atoms with Crippen molar-refractivity contribution in [1.82, 2.24) is 20.5 Å². The van der Waals surface area contributed by atoms with Crippen molar-refractivity contribution in [3.63, 3.8) is 0 Å². The zero-order valence-corrected chi connectivity index (χ0v) is 17.2. The van der Waals surface area contributed by atoms with Gasteiger partial charge < -0.3 is 15.0 Å². The van der Waals surface area contributed by atoms with Gasteiger partial charge in [0.2, 0.25) is 11.8 Å². The molecule has 1 aromatic heterocycles. The molecule has 0 aliphatic carbocycles. The molecule has 0 saturated carbocycles. The summed E-state index contributed by atoms with van der Waals surface area (Å²) in [6.45, 7) is 1.34. The molecule has 9 heteroatoms. The number of amides is 4. The summed E-state index contributed by atoms with van der Waals surface area (Å²) in [6.07, 6.45) is 2.19. The van der Waals surface area contributed by atoms with Gasteiger partial charge in [0.15, 0.2) is 0 Å². The number of carbonyl (C=O) groups is 4. The number of aromatic nitrogens is 1. The summed E-state index contributed by atoms with van der Waals surface area (Å²) in [5, 5.41) is 5.35. The second kappa shape index (κ2) is 8.16. The molecule has 3 aliphatic heterocycles. The maximum Gasteiger partial charge on any atom is 0.255 e. The molecule has 4 heterocycles.